The van der Waals surface area contributed by atoms with Gasteiger partial charge < -0.3 is 21.7 Å². The minimum absolute atomic E-state index is 0. The average molecular weight is 271 g/mol. The summed E-state index contributed by atoms with van der Waals surface area (Å²) in [6.07, 6.45) is 0.168. The van der Waals surface area contributed by atoms with Crippen LogP contribution >= 0.6 is 0 Å². The average Bonchev–Trinajstić information content (AvgIpc) is 2.01. The van der Waals surface area contributed by atoms with Gasteiger partial charge in [-0.1, -0.05) is 0 Å². The van der Waals surface area contributed by atoms with Crippen LogP contribution in [-0.4, -0.2) is 29.2 Å². The fraction of sp³-hybridized carbons (Fsp3) is 0.400. The van der Waals surface area contributed by atoms with E-state index in [1.54, 1.807) is 6.07 Å². The Hall–Kier alpha value is 0.356. The molecule has 0 bridgehead atoms. The van der Waals surface area contributed by atoms with Gasteiger partial charge in [0.1, 0.15) is 0 Å². The largest absolute Gasteiger partial charge is 2.00 e. The quantitative estimate of drug-likeness (QED) is 0.515. The Balaban J connectivity index is 0. The van der Waals surface area contributed by atoms with Crippen molar-refractivity contribution in [2.24, 2.45) is 0 Å². The van der Waals surface area contributed by atoms with Gasteiger partial charge in [0.15, 0.2) is 0 Å². The first-order valence-electron chi connectivity index (χ1n) is 3.96. The van der Waals surface area contributed by atoms with E-state index in [0.29, 0.717) is 6.61 Å². The number of hydrogen-bond donors (Lipinski definition) is 0. The molecule has 0 spiro atoms. The van der Waals surface area contributed by atoms with Crippen molar-refractivity contribution in [2.45, 2.75) is 26.6 Å². The summed E-state index contributed by atoms with van der Waals surface area (Å²) in [6, 6.07) is 7.27. The second kappa shape index (κ2) is 8.65. The molecule has 0 aliphatic heterocycles. The topological polar surface area (TPSA) is 9.23 Å². The molecule has 1 aromatic rings. The monoisotopic (exact) mass is 270 g/mol. The van der Waals surface area contributed by atoms with Crippen molar-refractivity contribution in [3.63, 3.8) is 0 Å². The van der Waals surface area contributed by atoms with E-state index in [9.17, 15) is 4.39 Å². The maximum absolute atomic E-state index is 12.6. The van der Waals surface area contributed by atoms with Crippen molar-refractivity contribution in [3.05, 3.63) is 35.6 Å². The Morgan fingerprint density at radius 2 is 2.14 bits per heavy atom. The van der Waals surface area contributed by atoms with E-state index >= 15 is 0 Å². The van der Waals surface area contributed by atoms with Gasteiger partial charge in [0.05, 0.1) is 6.10 Å². The normalized spacial score (nSPS) is 9.14. The standard InChI is InChI=1S/C10H12FO.BrH.Mg/c1-8(2)12-7-9-4-3-5-10(11)6-9;;/h3,5-6,8H,7H2,1-2H3;1H;/q-1;;+2/p-1. The number of benzene rings is 1. The molecule has 4 heteroatoms. The van der Waals surface area contributed by atoms with Gasteiger partial charge in [-0.25, -0.2) is 4.39 Å². The Bertz CT molecular complexity index is 256. The van der Waals surface area contributed by atoms with Gasteiger partial charge >= 0.3 is 23.1 Å². The molecule has 0 atom stereocenters. The van der Waals surface area contributed by atoms with Crippen molar-refractivity contribution in [1.29, 1.82) is 0 Å². The predicted octanol–water partition coefficient (Wildman–Crippen LogP) is -0.826. The van der Waals surface area contributed by atoms with Gasteiger partial charge in [0.25, 0.3) is 0 Å². The Morgan fingerprint density at radius 1 is 1.50 bits per heavy atom. The first-order chi connectivity index (χ1) is 5.68. The SMILES string of the molecule is CC(C)OCc1[c-]ccc(F)c1.[Br-].[Mg+2]. The van der Waals surface area contributed by atoms with Crippen molar-refractivity contribution in [3.8, 4) is 0 Å². The number of halogens is 2. The molecule has 1 nitrogen and oxygen atoms in total. The Kier molecular flexibility index (Phi) is 10.4. The Labute approximate surface area is 111 Å². The zero-order valence-corrected chi connectivity index (χ0v) is 11.4. The van der Waals surface area contributed by atoms with E-state index in [4.69, 9.17) is 4.74 Å². The van der Waals surface area contributed by atoms with Gasteiger partial charge in [-0.2, -0.15) is 12.1 Å². The molecule has 0 amide bonds. The van der Waals surface area contributed by atoms with E-state index in [-0.39, 0.29) is 52.0 Å². The zero-order chi connectivity index (χ0) is 8.97. The van der Waals surface area contributed by atoms with Gasteiger partial charge in [0, 0.05) is 12.4 Å². The molecule has 14 heavy (non-hydrogen) atoms. The number of rotatable bonds is 3. The fourth-order valence-electron chi connectivity index (χ4n) is 0.824. The summed E-state index contributed by atoms with van der Waals surface area (Å²) in [5.74, 6) is -0.240. The fourth-order valence-corrected chi connectivity index (χ4v) is 0.824. The molecule has 74 valence electrons. The number of hydrogen-bond acceptors (Lipinski definition) is 1. The molecule has 0 aromatic heterocycles. The van der Waals surface area contributed by atoms with Crippen LogP contribution in [0.15, 0.2) is 18.2 Å². The minimum Gasteiger partial charge on any atom is -1.00 e. The van der Waals surface area contributed by atoms with Gasteiger partial charge in [-0.15, -0.1) is 17.7 Å². The molecule has 1 rings (SSSR count). The van der Waals surface area contributed by atoms with Gasteiger partial charge in [-0.05, 0) is 13.8 Å². The molecule has 0 N–H and O–H groups in total. The van der Waals surface area contributed by atoms with Crippen LogP contribution in [-0.2, 0) is 11.3 Å². The first kappa shape index (κ1) is 16.8. The molecule has 0 saturated carbocycles. The predicted molar refractivity (Wildman–Crippen MR) is 50.9 cm³/mol. The third kappa shape index (κ3) is 6.76. The van der Waals surface area contributed by atoms with Crippen LogP contribution in [0.1, 0.15) is 19.4 Å². The first-order valence-corrected chi connectivity index (χ1v) is 3.96. The summed E-state index contributed by atoms with van der Waals surface area (Å²) in [5.41, 5.74) is 0.753. The van der Waals surface area contributed by atoms with E-state index in [1.165, 1.54) is 12.1 Å². The molecule has 0 fully saturated rings. The van der Waals surface area contributed by atoms with Crippen LogP contribution in [0.3, 0.4) is 0 Å². The van der Waals surface area contributed by atoms with Crippen LogP contribution in [0.5, 0.6) is 0 Å². The second-order valence-electron chi connectivity index (χ2n) is 2.89. The molecule has 0 aliphatic carbocycles. The van der Waals surface area contributed by atoms with Crippen LogP contribution < -0.4 is 17.0 Å². The molecule has 0 saturated heterocycles. The molecular weight excluding hydrogens is 259 g/mol. The van der Waals surface area contributed by atoms with Crippen LogP contribution in [0.4, 0.5) is 4.39 Å². The maximum Gasteiger partial charge on any atom is 2.00 e. The molecular formula is C10H12BrFMgO. The van der Waals surface area contributed by atoms with E-state index in [0.717, 1.165) is 5.56 Å². The third-order valence-corrected chi connectivity index (χ3v) is 1.40. The molecule has 0 aliphatic rings. The van der Waals surface area contributed by atoms with Crippen LogP contribution in [0, 0.1) is 11.9 Å². The van der Waals surface area contributed by atoms with Gasteiger partial charge in [0.2, 0.25) is 0 Å². The summed E-state index contributed by atoms with van der Waals surface area (Å²) in [7, 11) is 0. The summed E-state index contributed by atoms with van der Waals surface area (Å²) in [4.78, 5) is 0. The maximum atomic E-state index is 12.6. The van der Waals surface area contributed by atoms with Crippen molar-refractivity contribution in [1.82, 2.24) is 0 Å². The summed E-state index contributed by atoms with van der Waals surface area (Å²) in [5, 5.41) is 0. The van der Waals surface area contributed by atoms with E-state index in [2.05, 4.69) is 6.07 Å². The van der Waals surface area contributed by atoms with E-state index < -0.39 is 0 Å². The van der Waals surface area contributed by atoms with Crippen molar-refractivity contribution in [2.75, 3.05) is 0 Å². The van der Waals surface area contributed by atoms with Crippen LogP contribution in [0.2, 0.25) is 0 Å². The zero-order valence-electron chi connectivity index (χ0n) is 8.39. The smallest absolute Gasteiger partial charge is 1.00 e. The molecule has 0 radical (unpaired) electrons. The minimum atomic E-state index is -0.240. The summed E-state index contributed by atoms with van der Waals surface area (Å²) in [6.45, 7) is 4.31. The Morgan fingerprint density at radius 3 is 2.64 bits per heavy atom. The molecule has 0 unspecified atom stereocenters. The summed E-state index contributed by atoms with van der Waals surface area (Å²) >= 11 is 0. The van der Waals surface area contributed by atoms with E-state index in [1.807, 2.05) is 13.8 Å². The van der Waals surface area contributed by atoms with Crippen LogP contribution in [0.25, 0.3) is 0 Å². The van der Waals surface area contributed by atoms with Gasteiger partial charge in [-0.3, -0.25) is 0 Å². The molecule has 0 heterocycles. The summed E-state index contributed by atoms with van der Waals surface area (Å²) < 4.78 is 17.9. The molecule has 1 aromatic carbocycles. The number of ether oxygens (including phenoxy) is 1. The van der Waals surface area contributed by atoms with Crippen molar-refractivity contribution < 1.29 is 26.1 Å². The third-order valence-electron chi connectivity index (χ3n) is 1.40. The van der Waals surface area contributed by atoms with Crippen molar-refractivity contribution >= 4 is 23.1 Å². The second-order valence-corrected chi connectivity index (χ2v) is 2.89.